The summed E-state index contributed by atoms with van der Waals surface area (Å²) < 4.78 is 2.83. The molecule has 1 N–H and O–H groups in total. The highest BCUT2D eigenvalue weighted by molar-refractivity contribution is 9.10. The standard InChI is InChI=1S/C17H17BrN4/c1-11(2)19-8-14-5-4-13(6-12(14)3)17-16-7-15(18)9-22(16)21-10-20-17/h4-7,9-10,19H,1,8H2,2-3H3. The number of allylic oxidation sites excluding steroid dienone is 1. The minimum absolute atomic E-state index is 0.789. The first kappa shape index (κ1) is 14.8. The molecular formula is C17H17BrN4. The van der Waals surface area contributed by atoms with Crippen LogP contribution in [0.4, 0.5) is 0 Å². The molecule has 0 aliphatic heterocycles. The predicted octanol–water partition coefficient (Wildman–Crippen LogP) is 4.09. The normalized spacial score (nSPS) is 10.9. The highest BCUT2D eigenvalue weighted by Gasteiger charge is 2.09. The summed E-state index contributed by atoms with van der Waals surface area (Å²) in [5, 5.41) is 7.50. The van der Waals surface area contributed by atoms with E-state index in [-0.39, 0.29) is 0 Å². The molecule has 22 heavy (non-hydrogen) atoms. The van der Waals surface area contributed by atoms with Crippen LogP contribution in [0.2, 0.25) is 0 Å². The summed E-state index contributed by atoms with van der Waals surface area (Å²) in [5.41, 5.74) is 6.47. The minimum atomic E-state index is 0.789. The second-order valence-electron chi connectivity index (χ2n) is 5.37. The number of aromatic nitrogens is 3. The Morgan fingerprint density at radius 3 is 2.91 bits per heavy atom. The summed E-state index contributed by atoms with van der Waals surface area (Å²) >= 11 is 3.49. The van der Waals surface area contributed by atoms with Gasteiger partial charge in [-0.3, -0.25) is 0 Å². The number of rotatable bonds is 4. The van der Waals surface area contributed by atoms with Gasteiger partial charge in [0.2, 0.25) is 0 Å². The first-order valence-corrected chi connectivity index (χ1v) is 7.82. The van der Waals surface area contributed by atoms with Crippen molar-refractivity contribution in [3.63, 3.8) is 0 Å². The van der Waals surface area contributed by atoms with E-state index in [0.717, 1.165) is 33.5 Å². The summed E-state index contributed by atoms with van der Waals surface area (Å²) in [7, 11) is 0. The fraction of sp³-hybridized carbons (Fsp3) is 0.176. The summed E-state index contributed by atoms with van der Waals surface area (Å²) in [4.78, 5) is 4.45. The molecule has 0 radical (unpaired) electrons. The summed E-state index contributed by atoms with van der Waals surface area (Å²) in [5.74, 6) is 0. The molecule has 0 aliphatic rings. The van der Waals surface area contributed by atoms with Crippen molar-refractivity contribution in [1.29, 1.82) is 0 Å². The van der Waals surface area contributed by atoms with E-state index in [1.54, 1.807) is 6.33 Å². The van der Waals surface area contributed by atoms with Crippen molar-refractivity contribution in [2.45, 2.75) is 20.4 Å². The van der Waals surface area contributed by atoms with Gasteiger partial charge in [0.1, 0.15) is 6.33 Å². The lowest BCUT2D eigenvalue weighted by atomic mass is 10.0. The molecule has 3 aromatic rings. The van der Waals surface area contributed by atoms with E-state index in [0.29, 0.717) is 0 Å². The molecule has 0 bridgehead atoms. The van der Waals surface area contributed by atoms with Crippen LogP contribution >= 0.6 is 15.9 Å². The highest BCUT2D eigenvalue weighted by atomic mass is 79.9. The fourth-order valence-corrected chi connectivity index (χ4v) is 2.82. The number of nitrogens with one attached hydrogen (secondary N) is 1. The molecule has 2 heterocycles. The van der Waals surface area contributed by atoms with E-state index in [4.69, 9.17) is 0 Å². The Morgan fingerprint density at radius 1 is 1.36 bits per heavy atom. The summed E-state index contributed by atoms with van der Waals surface area (Å²) in [6, 6.07) is 8.43. The zero-order valence-corrected chi connectivity index (χ0v) is 14.2. The van der Waals surface area contributed by atoms with Crippen molar-refractivity contribution in [3.8, 4) is 11.3 Å². The lowest BCUT2D eigenvalue weighted by Gasteiger charge is -2.11. The van der Waals surface area contributed by atoms with Crippen molar-refractivity contribution < 1.29 is 0 Å². The average Bonchev–Trinajstić information content (AvgIpc) is 2.85. The molecule has 0 fully saturated rings. The van der Waals surface area contributed by atoms with Crippen LogP contribution in [0.5, 0.6) is 0 Å². The van der Waals surface area contributed by atoms with Crippen molar-refractivity contribution in [1.82, 2.24) is 19.9 Å². The number of benzene rings is 1. The van der Waals surface area contributed by atoms with E-state index in [1.807, 2.05) is 23.7 Å². The van der Waals surface area contributed by atoms with Crippen LogP contribution in [0.15, 0.2) is 53.5 Å². The Morgan fingerprint density at radius 2 is 2.18 bits per heavy atom. The maximum Gasteiger partial charge on any atom is 0.137 e. The lowest BCUT2D eigenvalue weighted by molar-refractivity contribution is 0.810. The molecular weight excluding hydrogens is 340 g/mol. The van der Waals surface area contributed by atoms with Gasteiger partial charge in [-0.25, -0.2) is 9.50 Å². The van der Waals surface area contributed by atoms with Gasteiger partial charge in [0.25, 0.3) is 0 Å². The van der Waals surface area contributed by atoms with Crippen molar-refractivity contribution in [2.24, 2.45) is 0 Å². The van der Waals surface area contributed by atoms with E-state index in [2.05, 4.69) is 63.0 Å². The molecule has 3 rings (SSSR count). The molecule has 0 aliphatic carbocycles. The van der Waals surface area contributed by atoms with Gasteiger partial charge >= 0.3 is 0 Å². The Labute approximate surface area is 138 Å². The number of halogens is 1. The molecule has 4 nitrogen and oxygen atoms in total. The van der Waals surface area contributed by atoms with Gasteiger partial charge in [0, 0.05) is 28.5 Å². The smallest absolute Gasteiger partial charge is 0.137 e. The summed E-state index contributed by atoms with van der Waals surface area (Å²) in [6.45, 7) is 8.74. The molecule has 0 saturated carbocycles. The molecule has 0 atom stereocenters. The first-order valence-electron chi connectivity index (χ1n) is 7.03. The topological polar surface area (TPSA) is 42.2 Å². The predicted molar refractivity (Wildman–Crippen MR) is 92.5 cm³/mol. The van der Waals surface area contributed by atoms with Crippen LogP contribution in [0, 0.1) is 6.92 Å². The Bertz CT molecular complexity index is 851. The third kappa shape index (κ3) is 2.90. The first-order chi connectivity index (χ1) is 10.5. The molecule has 5 heteroatoms. The van der Waals surface area contributed by atoms with Gasteiger partial charge in [-0.1, -0.05) is 18.7 Å². The van der Waals surface area contributed by atoms with E-state index in [9.17, 15) is 0 Å². The van der Waals surface area contributed by atoms with Gasteiger partial charge in [-0.15, -0.1) is 0 Å². The molecule has 0 unspecified atom stereocenters. The summed E-state index contributed by atoms with van der Waals surface area (Å²) in [6.07, 6.45) is 3.51. The maximum absolute atomic E-state index is 4.45. The van der Waals surface area contributed by atoms with Gasteiger partial charge < -0.3 is 5.32 Å². The van der Waals surface area contributed by atoms with Gasteiger partial charge in [-0.2, -0.15) is 5.10 Å². The van der Waals surface area contributed by atoms with Crippen molar-refractivity contribution >= 4 is 21.4 Å². The number of fused-ring (bicyclic) bond motifs is 1. The van der Waals surface area contributed by atoms with Gasteiger partial charge in [0.05, 0.1) is 11.2 Å². The van der Waals surface area contributed by atoms with E-state index in [1.165, 1.54) is 11.1 Å². The second-order valence-corrected chi connectivity index (χ2v) is 6.29. The maximum atomic E-state index is 4.45. The van der Waals surface area contributed by atoms with E-state index >= 15 is 0 Å². The Hall–Kier alpha value is -2.14. The SMILES string of the molecule is C=C(C)NCc1ccc(-c2ncnn3cc(Br)cc23)cc1C. The van der Waals surface area contributed by atoms with Crippen LogP contribution in [0.25, 0.3) is 16.8 Å². The zero-order valence-electron chi connectivity index (χ0n) is 12.6. The Kier molecular flexibility index (Phi) is 3.98. The highest BCUT2D eigenvalue weighted by Crippen LogP contribution is 2.26. The average molecular weight is 357 g/mol. The largest absolute Gasteiger partial charge is 0.385 e. The van der Waals surface area contributed by atoms with Crippen LogP contribution in [0.3, 0.4) is 0 Å². The van der Waals surface area contributed by atoms with Crippen LogP contribution < -0.4 is 5.32 Å². The number of hydrogen-bond acceptors (Lipinski definition) is 3. The van der Waals surface area contributed by atoms with Crippen LogP contribution in [-0.4, -0.2) is 14.6 Å². The van der Waals surface area contributed by atoms with Crippen LogP contribution in [0.1, 0.15) is 18.1 Å². The monoisotopic (exact) mass is 356 g/mol. The molecule has 0 amide bonds. The third-order valence-electron chi connectivity index (χ3n) is 3.57. The number of nitrogens with zero attached hydrogens (tertiary/aromatic N) is 3. The molecule has 112 valence electrons. The van der Waals surface area contributed by atoms with Gasteiger partial charge in [-0.05, 0) is 53.0 Å². The quantitative estimate of drug-likeness (QED) is 0.765. The molecule has 0 spiro atoms. The second kappa shape index (κ2) is 5.93. The van der Waals surface area contributed by atoms with Crippen molar-refractivity contribution in [3.05, 3.63) is 64.7 Å². The number of aryl methyl sites for hydroxylation is 1. The number of hydrogen-bond donors (Lipinski definition) is 1. The fourth-order valence-electron chi connectivity index (χ4n) is 2.41. The van der Waals surface area contributed by atoms with Gasteiger partial charge in [0.15, 0.2) is 0 Å². The third-order valence-corrected chi connectivity index (χ3v) is 4.00. The van der Waals surface area contributed by atoms with Crippen molar-refractivity contribution in [2.75, 3.05) is 0 Å². The minimum Gasteiger partial charge on any atom is -0.385 e. The van der Waals surface area contributed by atoms with E-state index < -0.39 is 0 Å². The van der Waals surface area contributed by atoms with Crippen LogP contribution in [-0.2, 0) is 6.54 Å². The Balaban J connectivity index is 2.00. The zero-order chi connectivity index (χ0) is 15.7. The molecule has 2 aromatic heterocycles. The molecule has 1 aromatic carbocycles. The molecule has 0 saturated heterocycles. The lowest BCUT2D eigenvalue weighted by Crippen LogP contribution is -2.10.